The minimum atomic E-state index is 0.319. The van der Waals surface area contributed by atoms with E-state index in [0.717, 1.165) is 25.4 Å². The third kappa shape index (κ3) is 3.56. The van der Waals surface area contributed by atoms with Crippen molar-refractivity contribution >= 4 is 0 Å². The Bertz CT molecular complexity index is 304. The first-order chi connectivity index (χ1) is 8.27. The predicted molar refractivity (Wildman–Crippen MR) is 69.0 cm³/mol. The van der Waals surface area contributed by atoms with E-state index in [-0.39, 0.29) is 0 Å². The number of furan rings is 1. The van der Waals surface area contributed by atoms with Gasteiger partial charge in [-0.3, -0.25) is 4.90 Å². The molecule has 96 valence electrons. The van der Waals surface area contributed by atoms with Gasteiger partial charge < -0.3 is 15.1 Å². The number of rotatable bonds is 5. The van der Waals surface area contributed by atoms with Gasteiger partial charge in [-0.15, -0.1) is 0 Å². The van der Waals surface area contributed by atoms with Crippen LogP contribution in [0.4, 0.5) is 0 Å². The normalized spacial score (nSPS) is 19.7. The highest BCUT2D eigenvalue weighted by molar-refractivity contribution is 5.05. The monoisotopic (exact) mass is 237 g/mol. The Labute approximate surface area is 103 Å². The molecule has 17 heavy (non-hydrogen) atoms. The Hall–Kier alpha value is -0.840. The van der Waals surface area contributed by atoms with E-state index in [1.54, 1.807) is 6.26 Å². The molecule has 2 N–H and O–H groups in total. The average molecular weight is 237 g/mol. The zero-order chi connectivity index (χ0) is 12.1. The number of nitrogens with zero attached hydrogens (tertiary/aromatic N) is 1. The van der Waals surface area contributed by atoms with Crippen LogP contribution < -0.4 is 10.6 Å². The molecule has 1 saturated heterocycles. The number of likely N-dealkylation sites (N-methyl/N-ethyl adjacent to an activating group) is 1. The smallest absolute Gasteiger partial charge is 0.122 e. The van der Waals surface area contributed by atoms with Crippen LogP contribution in [-0.4, -0.2) is 44.7 Å². The van der Waals surface area contributed by atoms with E-state index in [1.165, 1.54) is 12.8 Å². The molecule has 1 aromatic rings. The van der Waals surface area contributed by atoms with E-state index < -0.39 is 0 Å². The third-order valence-electron chi connectivity index (χ3n) is 3.43. The van der Waals surface area contributed by atoms with Crippen LogP contribution in [0.15, 0.2) is 22.8 Å². The molecule has 1 unspecified atom stereocenters. The second kappa shape index (κ2) is 6.19. The van der Waals surface area contributed by atoms with E-state index >= 15 is 0 Å². The summed E-state index contributed by atoms with van der Waals surface area (Å²) in [4.78, 5) is 2.20. The van der Waals surface area contributed by atoms with Crippen molar-refractivity contribution in [2.24, 2.45) is 0 Å². The third-order valence-corrected chi connectivity index (χ3v) is 3.43. The summed E-state index contributed by atoms with van der Waals surface area (Å²) in [6.07, 6.45) is 4.19. The van der Waals surface area contributed by atoms with Gasteiger partial charge in [0.2, 0.25) is 0 Å². The van der Waals surface area contributed by atoms with Crippen LogP contribution in [0.5, 0.6) is 0 Å². The van der Waals surface area contributed by atoms with E-state index in [4.69, 9.17) is 4.42 Å². The van der Waals surface area contributed by atoms with Crippen LogP contribution in [0.2, 0.25) is 0 Å². The fourth-order valence-electron chi connectivity index (χ4n) is 2.32. The molecule has 0 aromatic carbocycles. The van der Waals surface area contributed by atoms with Crippen LogP contribution in [0.25, 0.3) is 0 Å². The second-order valence-electron chi connectivity index (χ2n) is 4.93. The van der Waals surface area contributed by atoms with Gasteiger partial charge in [0.1, 0.15) is 5.76 Å². The maximum atomic E-state index is 5.50. The van der Waals surface area contributed by atoms with Crippen molar-refractivity contribution in [2.75, 3.05) is 33.7 Å². The quantitative estimate of drug-likeness (QED) is 0.808. The first kappa shape index (κ1) is 12.6. The van der Waals surface area contributed by atoms with Crippen molar-refractivity contribution in [3.63, 3.8) is 0 Å². The maximum Gasteiger partial charge on any atom is 0.122 e. The average Bonchev–Trinajstić information content (AvgIpc) is 2.84. The highest BCUT2D eigenvalue weighted by atomic mass is 16.3. The van der Waals surface area contributed by atoms with Crippen molar-refractivity contribution in [1.29, 1.82) is 0 Å². The van der Waals surface area contributed by atoms with Crippen LogP contribution in [0.3, 0.4) is 0 Å². The summed E-state index contributed by atoms with van der Waals surface area (Å²) in [6, 6.07) is 4.97. The predicted octanol–water partition coefficient (Wildman–Crippen LogP) is 1.22. The largest absolute Gasteiger partial charge is 0.468 e. The van der Waals surface area contributed by atoms with Gasteiger partial charge in [-0.05, 0) is 52.2 Å². The molecule has 0 spiro atoms. The van der Waals surface area contributed by atoms with Gasteiger partial charge in [-0.25, -0.2) is 0 Å². The highest BCUT2D eigenvalue weighted by Crippen LogP contribution is 2.18. The van der Waals surface area contributed by atoms with Gasteiger partial charge in [0, 0.05) is 12.6 Å². The standard InChI is InChI=1S/C13H23N3O/c1-16(2)12(13-4-3-9-17-13)10-15-11-5-7-14-8-6-11/h3-4,9,11-12,14-15H,5-8,10H2,1-2H3. The number of hydrogen-bond acceptors (Lipinski definition) is 4. The van der Waals surface area contributed by atoms with Gasteiger partial charge in [0.05, 0.1) is 12.3 Å². The summed E-state index contributed by atoms with van der Waals surface area (Å²) in [5.74, 6) is 1.04. The Morgan fingerprint density at radius 1 is 1.47 bits per heavy atom. The van der Waals surface area contributed by atoms with Crippen molar-refractivity contribution < 1.29 is 4.42 Å². The molecular formula is C13H23N3O. The van der Waals surface area contributed by atoms with Gasteiger partial charge in [-0.2, -0.15) is 0 Å². The van der Waals surface area contributed by atoms with Crippen molar-refractivity contribution in [3.8, 4) is 0 Å². The molecule has 0 radical (unpaired) electrons. The first-order valence-electron chi connectivity index (χ1n) is 6.41. The molecule has 1 aliphatic rings. The molecule has 0 saturated carbocycles. The van der Waals surface area contributed by atoms with E-state index in [2.05, 4.69) is 35.7 Å². The van der Waals surface area contributed by atoms with Crippen LogP contribution >= 0.6 is 0 Å². The van der Waals surface area contributed by atoms with Gasteiger partial charge in [0.15, 0.2) is 0 Å². The minimum Gasteiger partial charge on any atom is -0.468 e. The van der Waals surface area contributed by atoms with E-state index in [9.17, 15) is 0 Å². The van der Waals surface area contributed by atoms with Crippen LogP contribution in [0.1, 0.15) is 24.6 Å². The SMILES string of the molecule is CN(C)C(CNC1CCNCC1)c1ccco1. The van der Waals surface area contributed by atoms with Crippen LogP contribution in [-0.2, 0) is 0 Å². The summed E-state index contributed by atoms with van der Waals surface area (Å²) in [7, 11) is 4.19. The summed E-state index contributed by atoms with van der Waals surface area (Å²) in [5.41, 5.74) is 0. The molecule has 1 aliphatic heterocycles. The lowest BCUT2D eigenvalue weighted by molar-refractivity contribution is 0.236. The number of nitrogens with one attached hydrogen (secondary N) is 2. The summed E-state index contributed by atoms with van der Waals surface area (Å²) in [6.45, 7) is 3.21. The molecule has 1 fully saturated rings. The fraction of sp³-hybridized carbons (Fsp3) is 0.692. The van der Waals surface area contributed by atoms with E-state index in [1.807, 2.05) is 6.07 Å². The lowest BCUT2D eigenvalue weighted by atomic mass is 10.1. The van der Waals surface area contributed by atoms with Gasteiger partial charge in [0.25, 0.3) is 0 Å². The van der Waals surface area contributed by atoms with Gasteiger partial charge >= 0.3 is 0 Å². The molecule has 1 atom stereocenters. The Balaban J connectivity index is 1.85. The van der Waals surface area contributed by atoms with Crippen molar-refractivity contribution in [2.45, 2.75) is 24.9 Å². The fourth-order valence-corrected chi connectivity index (χ4v) is 2.32. The number of hydrogen-bond donors (Lipinski definition) is 2. The first-order valence-corrected chi connectivity index (χ1v) is 6.41. The Morgan fingerprint density at radius 2 is 2.24 bits per heavy atom. The molecule has 4 nitrogen and oxygen atoms in total. The zero-order valence-corrected chi connectivity index (χ0v) is 10.8. The van der Waals surface area contributed by atoms with Crippen LogP contribution in [0, 0.1) is 0 Å². The molecular weight excluding hydrogens is 214 g/mol. The lowest BCUT2D eigenvalue weighted by Gasteiger charge is -2.28. The summed E-state index contributed by atoms with van der Waals surface area (Å²) >= 11 is 0. The molecule has 2 heterocycles. The minimum absolute atomic E-state index is 0.319. The lowest BCUT2D eigenvalue weighted by Crippen LogP contribution is -2.43. The molecule has 2 rings (SSSR count). The summed E-state index contributed by atoms with van der Waals surface area (Å²) in [5, 5.41) is 7.03. The molecule has 0 amide bonds. The maximum absolute atomic E-state index is 5.50. The Kier molecular flexibility index (Phi) is 4.59. The molecule has 4 heteroatoms. The number of piperidine rings is 1. The molecule has 0 aliphatic carbocycles. The zero-order valence-electron chi connectivity index (χ0n) is 10.8. The molecule has 1 aromatic heterocycles. The molecule has 0 bridgehead atoms. The highest BCUT2D eigenvalue weighted by Gasteiger charge is 2.19. The van der Waals surface area contributed by atoms with Crippen molar-refractivity contribution in [3.05, 3.63) is 24.2 Å². The second-order valence-corrected chi connectivity index (χ2v) is 4.93. The van der Waals surface area contributed by atoms with E-state index in [0.29, 0.717) is 12.1 Å². The van der Waals surface area contributed by atoms with Gasteiger partial charge in [-0.1, -0.05) is 0 Å². The topological polar surface area (TPSA) is 40.4 Å². The van der Waals surface area contributed by atoms with Crippen molar-refractivity contribution in [1.82, 2.24) is 15.5 Å². The Morgan fingerprint density at radius 3 is 2.82 bits per heavy atom. The summed E-state index contributed by atoms with van der Waals surface area (Å²) < 4.78 is 5.50.